The van der Waals surface area contributed by atoms with Crippen molar-refractivity contribution in [1.29, 1.82) is 0 Å². The van der Waals surface area contributed by atoms with Crippen molar-refractivity contribution in [3.8, 4) is 0 Å². The van der Waals surface area contributed by atoms with Crippen LogP contribution in [0, 0.1) is 5.92 Å². The lowest BCUT2D eigenvalue weighted by atomic mass is 9.93. The second kappa shape index (κ2) is 8.06. The summed E-state index contributed by atoms with van der Waals surface area (Å²) in [4.78, 5) is 0. The van der Waals surface area contributed by atoms with E-state index in [1.165, 1.54) is 58.0 Å². The predicted molar refractivity (Wildman–Crippen MR) is 69.0 cm³/mol. The molecule has 0 saturated carbocycles. The summed E-state index contributed by atoms with van der Waals surface area (Å²) in [6.45, 7) is 4.21. The molecule has 0 aromatic heterocycles. The highest BCUT2D eigenvalue weighted by Crippen LogP contribution is 2.19. The third-order valence-electron chi connectivity index (χ3n) is 3.91. The van der Waals surface area contributed by atoms with Gasteiger partial charge in [-0.25, -0.2) is 0 Å². The fourth-order valence-electron chi connectivity index (χ4n) is 2.76. The summed E-state index contributed by atoms with van der Waals surface area (Å²) in [6, 6.07) is 0. The zero-order valence-electron chi connectivity index (χ0n) is 11.0. The minimum atomic E-state index is 0.0997. The van der Waals surface area contributed by atoms with E-state index in [0.717, 1.165) is 25.6 Å². The number of nitrogens with one attached hydrogen (secondary N) is 1. The molecule has 0 aliphatic carbocycles. The Morgan fingerprint density at radius 1 is 1.06 bits per heavy atom. The normalized spacial score (nSPS) is 27.2. The average molecular weight is 241 g/mol. The molecule has 2 aliphatic rings. The van der Waals surface area contributed by atoms with Gasteiger partial charge >= 0.3 is 0 Å². The first kappa shape index (κ1) is 13.3. The van der Waals surface area contributed by atoms with Crippen LogP contribution in [0.1, 0.15) is 51.4 Å². The Labute approximate surface area is 105 Å². The molecule has 3 heteroatoms. The van der Waals surface area contributed by atoms with Gasteiger partial charge in [-0.05, 0) is 57.5 Å². The van der Waals surface area contributed by atoms with Crippen molar-refractivity contribution < 1.29 is 9.47 Å². The summed E-state index contributed by atoms with van der Waals surface area (Å²) in [5, 5.41) is 3.42. The van der Waals surface area contributed by atoms with Gasteiger partial charge in [-0.1, -0.05) is 12.8 Å². The van der Waals surface area contributed by atoms with Gasteiger partial charge in [-0.2, -0.15) is 0 Å². The summed E-state index contributed by atoms with van der Waals surface area (Å²) in [7, 11) is 0. The molecule has 2 aliphatic heterocycles. The van der Waals surface area contributed by atoms with Crippen LogP contribution >= 0.6 is 0 Å². The van der Waals surface area contributed by atoms with Gasteiger partial charge in [0.2, 0.25) is 0 Å². The molecule has 2 saturated heterocycles. The Hall–Kier alpha value is -0.120. The summed E-state index contributed by atoms with van der Waals surface area (Å²) >= 11 is 0. The van der Waals surface area contributed by atoms with Crippen LogP contribution in [0.15, 0.2) is 0 Å². The molecule has 1 atom stereocenters. The van der Waals surface area contributed by atoms with E-state index in [4.69, 9.17) is 9.47 Å². The maximum absolute atomic E-state index is 5.74. The van der Waals surface area contributed by atoms with Crippen molar-refractivity contribution in [2.75, 3.05) is 26.3 Å². The van der Waals surface area contributed by atoms with Gasteiger partial charge in [0.1, 0.15) is 0 Å². The Kier molecular flexibility index (Phi) is 6.32. The lowest BCUT2D eigenvalue weighted by Gasteiger charge is -2.24. The summed E-state index contributed by atoms with van der Waals surface area (Å²) in [5.74, 6) is 0.960. The van der Waals surface area contributed by atoms with Crippen molar-refractivity contribution in [3.63, 3.8) is 0 Å². The zero-order chi connectivity index (χ0) is 11.8. The molecule has 0 amide bonds. The van der Waals surface area contributed by atoms with Crippen molar-refractivity contribution in [2.45, 2.75) is 57.7 Å². The second-order valence-electron chi connectivity index (χ2n) is 5.36. The maximum Gasteiger partial charge on any atom is 0.157 e. The summed E-state index contributed by atoms with van der Waals surface area (Å²) < 4.78 is 11.3. The van der Waals surface area contributed by atoms with Crippen molar-refractivity contribution in [2.24, 2.45) is 5.92 Å². The molecule has 0 radical (unpaired) electrons. The Bertz CT molecular complexity index is 167. The van der Waals surface area contributed by atoms with Crippen LogP contribution in [0.25, 0.3) is 0 Å². The van der Waals surface area contributed by atoms with E-state index in [1.807, 2.05) is 0 Å². The molecule has 1 unspecified atom stereocenters. The highest BCUT2D eigenvalue weighted by atomic mass is 16.7. The highest BCUT2D eigenvalue weighted by molar-refractivity contribution is 4.68. The third-order valence-corrected chi connectivity index (χ3v) is 3.91. The number of hydrogen-bond donors (Lipinski definition) is 1. The van der Waals surface area contributed by atoms with Crippen molar-refractivity contribution in [3.05, 3.63) is 0 Å². The van der Waals surface area contributed by atoms with Gasteiger partial charge in [-0.3, -0.25) is 0 Å². The van der Waals surface area contributed by atoms with Gasteiger partial charge in [0.25, 0.3) is 0 Å². The first-order valence-electron chi connectivity index (χ1n) is 7.39. The molecule has 0 aromatic carbocycles. The standard InChI is InChI=1S/C14H27NO2/c1(5-13-7-9-15-10-8-13)3-11-16-14-6-2-4-12-17-14/h13-15H,1-12H2. The zero-order valence-corrected chi connectivity index (χ0v) is 11.0. The van der Waals surface area contributed by atoms with Crippen LogP contribution < -0.4 is 5.32 Å². The number of piperidine rings is 1. The van der Waals surface area contributed by atoms with E-state index in [2.05, 4.69) is 5.32 Å². The third kappa shape index (κ3) is 5.36. The first-order chi connectivity index (χ1) is 8.45. The van der Waals surface area contributed by atoms with Gasteiger partial charge in [-0.15, -0.1) is 0 Å². The van der Waals surface area contributed by atoms with Crippen LogP contribution in [0.4, 0.5) is 0 Å². The first-order valence-corrected chi connectivity index (χ1v) is 7.39. The quantitative estimate of drug-likeness (QED) is 0.725. The number of rotatable bonds is 6. The molecule has 1 N–H and O–H groups in total. The highest BCUT2D eigenvalue weighted by Gasteiger charge is 2.14. The minimum Gasteiger partial charge on any atom is -0.353 e. The topological polar surface area (TPSA) is 30.5 Å². The van der Waals surface area contributed by atoms with Gasteiger partial charge in [0, 0.05) is 13.2 Å². The minimum absolute atomic E-state index is 0.0997. The smallest absolute Gasteiger partial charge is 0.157 e. The maximum atomic E-state index is 5.74. The molecule has 2 fully saturated rings. The second-order valence-corrected chi connectivity index (χ2v) is 5.36. The molecule has 17 heavy (non-hydrogen) atoms. The van der Waals surface area contributed by atoms with Gasteiger partial charge < -0.3 is 14.8 Å². The molecular formula is C14H27NO2. The fourth-order valence-corrected chi connectivity index (χ4v) is 2.76. The Morgan fingerprint density at radius 2 is 1.94 bits per heavy atom. The van der Waals surface area contributed by atoms with Crippen molar-refractivity contribution >= 4 is 0 Å². The molecule has 0 spiro atoms. The summed E-state index contributed by atoms with van der Waals surface area (Å²) in [6.07, 6.45) is 10.3. The lowest BCUT2D eigenvalue weighted by Crippen LogP contribution is -2.27. The van der Waals surface area contributed by atoms with Crippen molar-refractivity contribution in [1.82, 2.24) is 5.32 Å². The Morgan fingerprint density at radius 3 is 2.71 bits per heavy atom. The molecule has 2 rings (SSSR count). The molecule has 3 nitrogen and oxygen atoms in total. The molecular weight excluding hydrogens is 214 g/mol. The van der Waals surface area contributed by atoms with E-state index < -0.39 is 0 Å². The van der Waals surface area contributed by atoms with E-state index in [9.17, 15) is 0 Å². The molecule has 0 bridgehead atoms. The van der Waals surface area contributed by atoms with E-state index >= 15 is 0 Å². The van der Waals surface area contributed by atoms with Gasteiger partial charge in [0.15, 0.2) is 6.29 Å². The van der Waals surface area contributed by atoms with E-state index in [-0.39, 0.29) is 6.29 Å². The number of ether oxygens (including phenoxy) is 2. The van der Waals surface area contributed by atoms with Crippen LogP contribution in [-0.4, -0.2) is 32.6 Å². The van der Waals surface area contributed by atoms with Crippen LogP contribution in [0.2, 0.25) is 0 Å². The number of unbranched alkanes of at least 4 members (excludes halogenated alkanes) is 1. The van der Waals surface area contributed by atoms with Crippen LogP contribution in [0.5, 0.6) is 0 Å². The van der Waals surface area contributed by atoms with Crippen LogP contribution in [0.3, 0.4) is 0 Å². The molecule has 0 aromatic rings. The van der Waals surface area contributed by atoms with E-state index in [1.54, 1.807) is 0 Å². The molecule has 100 valence electrons. The summed E-state index contributed by atoms with van der Waals surface area (Å²) in [5.41, 5.74) is 0. The lowest BCUT2D eigenvalue weighted by molar-refractivity contribution is -0.162. The largest absolute Gasteiger partial charge is 0.353 e. The SMILES string of the molecule is C(CCC1CCNCC1)COC1CCCCO1. The average Bonchev–Trinajstić information content (AvgIpc) is 2.41. The fraction of sp³-hybridized carbons (Fsp3) is 1.00. The molecule has 2 heterocycles. The van der Waals surface area contributed by atoms with Crippen LogP contribution in [-0.2, 0) is 9.47 Å². The van der Waals surface area contributed by atoms with Gasteiger partial charge in [0.05, 0.1) is 0 Å². The predicted octanol–water partition coefficient (Wildman–Crippen LogP) is 2.70. The Balaban J connectivity index is 1.42. The van der Waals surface area contributed by atoms with E-state index in [0.29, 0.717) is 0 Å². The monoisotopic (exact) mass is 241 g/mol. The number of hydrogen-bond acceptors (Lipinski definition) is 3.